The lowest BCUT2D eigenvalue weighted by atomic mass is 9.88. The zero-order chi connectivity index (χ0) is 21.8. The van der Waals surface area contributed by atoms with Crippen molar-refractivity contribution in [1.82, 2.24) is 4.90 Å². The van der Waals surface area contributed by atoms with Crippen molar-refractivity contribution >= 4 is 17.6 Å². The lowest BCUT2D eigenvalue weighted by molar-refractivity contribution is 0.00268. The van der Waals surface area contributed by atoms with E-state index < -0.39 is 29.5 Å². The van der Waals surface area contributed by atoms with Gasteiger partial charge in [0.2, 0.25) is 0 Å². The van der Waals surface area contributed by atoms with Gasteiger partial charge < -0.3 is 4.74 Å². The minimum Gasteiger partial charge on any atom is -0.467 e. The molecule has 0 radical (unpaired) electrons. The van der Waals surface area contributed by atoms with Crippen molar-refractivity contribution in [1.29, 1.82) is 0 Å². The van der Waals surface area contributed by atoms with Crippen LogP contribution >= 0.6 is 0 Å². The van der Waals surface area contributed by atoms with Gasteiger partial charge in [0.15, 0.2) is 5.72 Å². The van der Waals surface area contributed by atoms with Crippen LogP contribution in [0.25, 0.3) is 0 Å². The zero-order valence-corrected chi connectivity index (χ0v) is 17.2. The summed E-state index contributed by atoms with van der Waals surface area (Å²) in [6, 6.07) is 19.3. The van der Waals surface area contributed by atoms with E-state index in [1.807, 2.05) is 62.4 Å². The van der Waals surface area contributed by atoms with E-state index in [1.165, 1.54) is 29.2 Å². The zero-order valence-electron chi connectivity index (χ0n) is 17.2. The first-order valence-corrected chi connectivity index (χ1v) is 10.2. The SMILES string of the molecule is Cc1ccc(N2C(=O)N(C(=O)c3ccc(F)cc3)C3CC2(C)Oc2ccccc23)cc1. The van der Waals surface area contributed by atoms with Crippen molar-refractivity contribution < 1.29 is 18.7 Å². The highest BCUT2D eigenvalue weighted by Gasteiger charge is 2.55. The molecule has 5 rings (SSSR count). The fraction of sp³-hybridized carbons (Fsp3) is 0.200. The van der Waals surface area contributed by atoms with Gasteiger partial charge in [0.25, 0.3) is 5.91 Å². The number of para-hydroxylation sites is 1. The molecule has 2 aliphatic rings. The molecule has 0 aliphatic carbocycles. The molecule has 3 aromatic carbocycles. The minimum absolute atomic E-state index is 0.256. The van der Waals surface area contributed by atoms with E-state index in [-0.39, 0.29) is 5.56 Å². The van der Waals surface area contributed by atoms with Gasteiger partial charge in [-0.3, -0.25) is 14.6 Å². The number of ether oxygens (including phenoxy) is 1. The van der Waals surface area contributed by atoms with Crippen LogP contribution in [0.15, 0.2) is 72.8 Å². The number of halogens is 1. The molecule has 31 heavy (non-hydrogen) atoms. The first kappa shape index (κ1) is 19.3. The summed E-state index contributed by atoms with van der Waals surface area (Å²) in [5.41, 5.74) is 1.79. The second-order valence-electron chi connectivity index (χ2n) is 8.17. The van der Waals surface area contributed by atoms with Crippen LogP contribution in [0.1, 0.15) is 40.9 Å². The molecule has 6 heteroatoms. The number of hydrogen-bond acceptors (Lipinski definition) is 3. The van der Waals surface area contributed by atoms with E-state index in [2.05, 4.69) is 0 Å². The summed E-state index contributed by atoms with van der Waals surface area (Å²) < 4.78 is 19.7. The van der Waals surface area contributed by atoms with Gasteiger partial charge in [-0.15, -0.1) is 0 Å². The first-order valence-electron chi connectivity index (χ1n) is 10.2. The third-order valence-electron chi connectivity index (χ3n) is 5.96. The number of fused-ring (bicyclic) bond motifs is 4. The van der Waals surface area contributed by atoms with Crippen molar-refractivity contribution in [3.8, 4) is 5.75 Å². The maximum absolute atomic E-state index is 13.8. The van der Waals surface area contributed by atoms with Gasteiger partial charge >= 0.3 is 6.03 Å². The largest absolute Gasteiger partial charge is 0.467 e. The average Bonchev–Trinajstić information content (AvgIpc) is 2.75. The molecule has 1 fully saturated rings. The van der Waals surface area contributed by atoms with E-state index in [9.17, 15) is 14.0 Å². The Balaban J connectivity index is 1.66. The summed E-state index contributed by atoms with van der Waals surface area (Å²) in [6.07, 6.45) is 0.413. The topological polar surface area (TPSA) is 49.9 Å². The quantitative estimate of drug-likeness (QED) is 0.558. The van der Waals surface area contributed by atoms with Crippen LogP contribution in [0, 0.1) is 12.7 Å². The number of imide groups is 1. The van der Waals surface area contributed by atoms with Crippen molar-refractivity contribution in [3.05, 3.63) is 95.3 Å². The minimum atomic E-state index is -0.953. The molecule has 2 heterocycles. The number of hydrogen-bond donors (Lipinski definition) is 0. The number of anilines is 1. The molecular formula is C25H21FN2O3. The molecule has 2 bridgehead atoms. The van der Waals surface area contributed by atoms with Gasteiger partial charge in [-0.1, -0.05) is 35.9 Å². The van der Waals surface area contributed by atoms with E-state index in [0.29, 0.717) is 17.9 Å². The van der Waals surface area contributed by atoms with Crippen molar-refractivity contribution in [3.63, 3.8) is 0 Å². The number of benzene rings is 3. The molecule has 1 saturated heterocycles. The van der Waals surface area contributed by atoms with Gasteiger partial charge in [-0.25, -0.2) is 9.18 Å². The molecule has 0 aromatic heterocycles. The number of urea groups is 1. The fourth-order valence-corrected chi connectivity index (χ4v) is 4.44. The molecule has 0 saturated carbocycles. The molecule has 0 spiro atoms. The monoisotopic (exact) mass is 416 g/mol. The molecule has 3 aromatic rings. The molecular weight excluding hydrogens is 395 g/mol. The van der Waals surface area contributed by atoms with Crippen molar-refractivity contribution in [2.45, 2.75) is 32.0 Å². The van der Waals surface area contributed by atoms with Gasteiger partial charge in [-0.2, -0.15) is 0 Å². The second-order valence-corrected chi connectivity index (χ2v) is 8.17. The molecule has 3 amide bonds. The number of amides is 3. The van der Waals surface area contributed by atoms with Crippen LogP contribution in [-0.2, 0) is 0 Å². The molecule has 2 aliphatic heterocycles. The summed E-state index contributed by atoms with van der Waals surface area (Å²) >= 11 is 0. The molecule has 2 atom stereocenters. The summed E-state index contributed by atoms with van der Waals surface area (Å²) in [6.45, 7) is 3.84. The van der Waals surface area contributed by atoms with Crippen LogP contribution in [0.3, 0.4) is 0 Å². The van der Waals surface area contributed by atoms with Crippen molar-refractivity contribution in [2.24, 2.45) is 0 Å². The highest BCUT2D eigenvalue weighted by Crippen LogP contribution is 2.49. The molecule has 156 valence electrons. The Kier molecular flexibility index (Phi) is 4.32. The number of aryl methyl sites for hydroxylation is 1. The molecule has 5 nitrogen and oxygen atoms in total. The number of nitrogens with zero attached hydrogens (tertiary/aromatic N) is 2. The number of carbonyl (C=O) groups is 2. The van der Waals surface area contributed by atoms with Crippen LogP contribution in [0.4, 0.5) is 14.9 Å². The smallest absolute Gasteiger partial charge is 0.335 e. The summed E-state index contributed by atoms with van der Waals surface area (Å²) in [7, 11) is 0. The lowest BCUT2D eigenvalue weighted by Gasteiger charge is -2.53. The number of carbonyl (C=O) groups excluding carboxylic acids is 2. The Bertz CT molecular complexity index is 1180. The molecule has 2 unspecified atom stereocenters. The van der Waals surface area contributed by atoms with E-state index in [4.69, 9.17) is 4.74 Å². The summed E-state index contributed by atoms with van der Waals surface area (Å²) in [4.78, 5) is 30.1. The van der Waals surface area contributed by atoms with Crippen LogP contribution in [-0.4, -0.2) is 22.6 Å². The third kappa shape index (κ3) is 3.06. The van der Waals surface area contributed by atoms with E-state index >= 15 is 0 Å². The standard InChI is InChI=1S/C25H21FN2O3/c1-16-7-13-19(14-8-16)28-24(30)27(23(29)17-9-11-18(26)12-10-17)21-15-25(28,2)31-22-6-4-3-5-20(21)22/h3-14,21H,15H2,1-2H3. The van der Waals surface area contributed by atoms with Gasteiger partial charge in [0.1, 0.15) is 11.6 Å². The van der Waals surface area contributed by atoms with E-state index in [0.717, 1.165) is 11.1 Å². The Hall–Kier alpha value is -3.67. The lowest BCUT2D eigenvalue weighted by Crippen LogP contribution is -2.67. The van der Waals surface area contributed by atoms with Crippen LogP contribution in [0.5, 0.6) is 5.75 Å². The first-order chi connectivity index (χ1) is 14.9. The van der Waals surface area contributed by atoms with Gasteiger partial charge in [0, 0.05) is 23.2 Å². The Labute approximate surface area is 179 Å². The van der Waals surface area contributed by atoms with Gasteiger partial charge in [-0.05, 0) is 56.3 Å². The third-order valence-corrected chi connectivity index (χ3v) is 5.96. The molecule has 0 N–H and O–H groups in total. The fourth-order valence-electron chi connectivity index (χ4n) is 4.44. The predicted molar refractivity (Wildman–Crippen MR) is 114 cm³/mol. The Morgan fingerprint density at radius 3 is 2.42 bits per heavy atom. The highest BCUT2D eigenvalue weighted by molar-refractivity contribution is 6.10. The normalized spacial score (nSPS) is 22.0. The maximum atomic E-state index is 13.8. The predicted octanol–water partition coefficient (Wildman–Crippen LogP) is 5.46. The average molecular weight is 416 g/mol. The Morgan fingerprint density at radius 1 is 1.03 bits per heavy atom. The Morgan fingerprint density at radius 2 is 1.71 bits per heavy atom. The maximum Gasteiger partial charge on any atom is 0.335 e. The van der Waals surface area contributed by atoms with Crippen LogP contribution < -0.4 is 9.64 Å². The second kappa shape index (κ2) is 6.94. The van der Waals surface area contributed by atoms with Crippen LogP contribution in [0.2, 0.25) is 0 Å². The summed E-state index contributed by atoms with van der Waals surface area (Å²) in [5.74, 6) is -0.263. The van der Waals surface area contributed by atoms with E-state index in [1.54, 1.807) is 4.90 Å². The number of rotatable bonds is 2. The van der Waals surface area contributed by atoms with Crippen molar-refractivity contribution in [2.75, 3.05) is 4.90 Å². The van der Waals surface area contributed by atoms with Gasteiger partial charge in [0.05, 0.1) is 6.04 Å². The highest BCUT2D eigenvalue weighted by atomic mass is 19.1. The summed E-state index contributed by atoms with van der Waals surface area (Å²) in [5, 5.41) is 0.